The smallest absolute Gasteiger partial charge is 0.416 e. The molecule has 1 aliphatic rings. The number of hydrogen-bond donors (Lipinski definition) is 1. The molecule has 2 aromatic carbocycles. The van der Waals surface area contributed by atoms with Crippen LogP contribution in [0, 0.1) is 0 Å². The lowest BCUT2D eigenvalue weighted by Crippen LogP contribution is -2.33. The molecule has 0 aliphatic carbocycles. The van der Waals surface area contributed by atoms with Crippen molar-refractivity contribution < 1.29 is 32.2 Å². The molecule has 10 heteroatoms. The van der Waals surface area contributed by atoms with Gasteiger partial charge in [-0.05, 0) is 54.2 Å². The lowest BCUT2D eigenvalue weighted by molar-refractivity contribution is -0.137. The van der Waals surface area contributed by atoms with Gasteiger partial charge in [-0.15, -0.1) is 0 Å². The first-order chi connectivity index (χ1) is 14.2. The second-order valence-electron chi connectivity index (χ2n) is 6.13. The van der Waals surface area contributed by atoms with Crippen LogP contribution in [0.1, 0.15) is 11.1 Å². The summed E-state index contributed by atoms with van der Waals surface area (Å²) in [6.07, 6.45) is -2.98. The summed E-state index contributed by atoms with van der Waals surface area (Å²) < 4.78 is 48.9. The molecule has 3 rings (SSSR count). The number of thioether (sulfide) groups is 1. The normalized spacial score (nSPS) is 15.6. The van der Waals surface area contributed by atoms with E-state index in [9.17, 15) is 22.8 Å². The molecule has 0 spiro atoms. The number of anilines is 1. The van der Waals surface area contributed by atoms with E-state index in [-0.39, 0.29) is 17.3 Å². The molecule has 0 unspecified atom stereocenters. The number of benzene rings is 2. The molecule has 0 saturated carbocycles. The maximum atomic E-state index is 12.8. The average Bonchev–Trinajstić information content (AvgIpc) is 2.98. The summed E-state index contributed by atoms with van der Waals surface area (Å²) in [5.41, 5.74) is -0.137. The summed E-state index contributed by atoms with van der Waals surface area (Å²) in [6, 6.07) is 9.55. The van der Waals surface area contributed by atoms with Crippen LogP contribution in [0.3, 0.4) is 0 Å². The van der Waals surface area contributed by atoms with Gasteiger partial charge in [0.2, 0.25) is 0 Å². The third-order valence-corrected chi connectivity index (χ3v) is 5.14. The molecule has 2 aromatic rings. The second-order valence-corrected chi connectivity index (χ2v) is 7.12. The number of nitrogens with zero attached hydrogens (tertiary/aromatic N) is 1. The highest BCUT2D eigenvalue weighted by molar-refractivity contribution is 8.18. The monoisotopic (exact) mass is 438 g/mol. The van der Waals surface area contributed by atoms with Crippen LogP contribution in [0.25, 0.3) is 6.08 Å². The van der Waals surface area contributed by atoms with E-state index in [2.05, 4.69) is 5.32 Å². The number of amides is 2. The summed E-state index contributed by atoms with van der Waals surface area (Å²) in [4.78, 5) is 26.0. The number of hydrogen-bond acceptors (Lipinski definition) is 6. The Morgan fingerprint density at radius 1 is 1.10 bits per heavy atom. The maximum absolute atomic E-state index is 12.8. The van der Waals surface area contributed by atoms with Gasteiger partial charge >= 0.3 is 6.18 Å². The van der Waals surface area contributed by atoms with Crippen LogP contribution in [-0.4, -0.2) is 36.9 Å². The summed E-state index contributed by atoms with van der Waals surface area (Å²) in [6.45, 7) is -0.265. The highest BCUT2D eigenvalue weighted by Gasteiger charge is 2.35. The fourth-order valence-corrected chi connectivity index (χ4v) is 3.53. The molecule has 0 aromatic heterocycles. The molecular weight excluding hydrogens is 421 g/mol. The van der Waals surface area contributed by atoms with Crippen molar-refractivity contribution in [1.82, 2.24) is 4.90 Å². The van der Waals surface area contributed by atoms with Crippen LogP contribution in [0.4, 0.5) is 23.7 Å². The Hall–Kier alpha value is -3.14. The lowest BCUT2D eigenvalue weighted by atomic mass is 10.1. The Kier molecular flexibility index (Phi) is 6.25. The van der Waals surface area contributed by atoms with Gasteiger partial charge in [0.15, 0.2) is 0 Å². The molecule has 1 saturated heterocycles. The standard InChI is InChI=1S/C20H17F3N2O4S/c1-28-15-6-7-16(29-2)12(8-15)9-17-18(26)25(19(27)30-17)11-24-14-5-3-4-13(10-14)20(21,22)23/h3-10,24H,11H2,1-2H3. The van der Waals surface area contributed by atoms with Gasteiger partial charge < -0.3 is 14.8 Å². The Labute approximate surface area is 174 Å². The fourth-order valence-electron chi connectivity index (χ4n) is 2.71. The zero-order chi connectivity index (χ0) is 21.9. The Morgan fingerprint density at radius 3 is 2.53 bits per heavy atom. The predicted molar refractivity (Wildman–Crippen MR) is 107 cm³/mol. The molecule has 6 nitrogen and oxygen atoms in total. The largest absolute Gasteiger partial charge is 0.497 e. The number of imide groups is 1. The molecule has 2 amide bonds. The van der Waals surface area contributed by atoms with Gasteiger partial charge in [0.05, 0.1) is 31.4 Å². The Balaban J connectivity index is 1.77. The molecule has 0 atom stereocenters. The average molecular weight is 438 g/mol. The minimum atomic E-state index is -4.49. The number of halogens is 3. The van der Waals surface area contributed by atoms with Crippen molar-refractivity contribution in [2.45, 2.75) is 6.18 Å². The van der Waals surface area contributed by atoms with Crippen molar-refractivity contribution >= 4 is 34.7 Å². The molecule has 0 bridgehead atoms. The van der Waals surface area contributed by atoms with Gasteiger partial charge in [0.1, 0.15) is 11.5 Å². The van der Waals surface area contributed by atoms with Crippen molar-refractivity contribution in [3.05, 3.63) is 58.5 Å². The zero-order valence-corrected chi connectivity index (χ0v) is 16.8. The van der Waals surface area contributed by atoms with Crippen LogP contribution in [0.5, 0.6) is 11.5 Å². The van der Waals surface area contributed by atoms with Crippen molar-refractivity contribution in [1.29, 1.82) is 0 Å². The quantitative estimate of drug-likeness (QED) is 0.652. The fraction of sp³-hybridized carbons (Fsp3) is 0.200. The lowest BCUT2D eigenvalue weighted by Gasteiger charge is -2.15. The molecule has 1 aliphatic heterocycles. The van der Waals surface area contributed by atoms with Crippen molar-refractivity contribution in [3.8, 4) is 11.5 Å². The van der Waals surface area contributed by atoms with Crippen LogP contribution < -0.4 is 14.8 Å². The summed E-state index contributed by atoms with van der Waals surface area (Å²) in [5, 5.41) is 2.15. The number of carbonyl (C=O) groups is 2. The number of nitrogens with one attached hydrogen (secondary N) is 1. The van der Waals surface area contributed by atoms with E-state index < -0.39 is 22.9 Å². The van der Waals surface area contributed by atoms with Crippen LogP contribution in [0.15, 0.2) is 47.4 Å². The second kappa shape index (κ2) is 8.70. The number of rotatable bonds is 6. The van der Waals surface area contributed by atoms with Crippen molar-refractivity contribution in [2.75, 3.05) is 26.2 Å². The van der Waals surface area contributed by atoms with E-state index in [0.717, 1.165) is 28.8 Å². The maximum Gasteiger partial charge on any atom is 0.416 e. The third kappa shape index (κ3) is 4.70. The number of ether oxygens (including phenoxy) is 2. The van der Waals surface area contributed by atoms with Gasteiger partial charge in [-0.3, -0.25) is 14.5 Å². The minimum Gasteiger partial charge on any atom is -0.497 e. The zero-order valence-electron chi connectivity index (χ0n) is 15.9. The van der Waals surface area contributed by atoms with Crippen molar-refractivity contribution in [2.24, 2.45) is 0 Å². The topological polar surface area (TPSA) is 67.9 Å². The molecule has 1 heterocycles. The number of methoxy groups -OCH3 is 2. The molecule has 158 valence electrons. The van der Waals surface area contributed by atoms with Gasteiger partial charge in [-0.25, -0.2) is 0 Å². The predicted octanol–water partition coefficient (Wildman–Crippen LogP) is 4.83. The van der Waals surface area contributed by atoms with E-state index in [1.807, 2.05) is 0 Å². The van der Waals surface area contributed by atoms with Crippen molar-refractivity contribution in [3.63, 3.8) is 0 Å². The molecule has 30 heavy (non-hydrogen) atoms. The molecule has 0 radical (unpaired) electrons. The highest BCUT2D eigenvalue weighted by Crippen LogP contribution is 2.35. The van der Waals surface area contributed by atoms with Gasteiger partial charge in [-0.2, -0.15) is 13.2 Å². The van der Waals surface area contributed by atoms with Gasteiger partial charge in [0.25, 0.3) is 11.1 Å². The summed E-state index contributed by atoms with van der Waals surface area (Å²) in [7, 11) is 2.97. The van der Waals surface area contributed by atoms with E-state index in [1.54, 1.807) is 18.2 Å². The first-order valence-electron chi connectivity index (χ1n) is 8.61. The SMILES string of the molecule is COc1ccc(OC)c(C=C2SC(=O)N(CNc3cccc(C(F)(F)F)c3)C2=O)c1. The molecule has 1 N–H and O–H groups in total. The Morgan fingerprint density at radius 2 is 1.87 bits per heavy atom. The van der Waals surface area contributed by atoms with E-state index in [1.165, 1.54) is 32.4 Å². The molecule has 1 fully saturated rings. The first-order valence-corrected chi connectivity index (χ1v) is 9.43. The highest BCUT2D eigenvalue weighted by atomic mass is 32.2. The van der Waals surface area contributed by atoms with Gasteiger partial charge in [0, 0.05) is 11.3 Å². The van der Waals surface area contributed by atoms with Gasteiger partial charge in [-0.1, -0.05) is 6.07 Å². The van der Waals surface area contributed by atoms with Crippen LogP contribution in [0.2, 0.25) is 0 Å². The third-order valence-electron chi connectivity index (χ3n) is 4.23. The summed E-state index contributed by atoms with van der Waals surface area (Å²) in [5.74, 6) is 0.478. The van der Waals surface area contributed by atoms with E-state index in [4.69, 9.17) is 9.47 Å². The molecular formula is C20H17F3N2O4S. The van der Waals surface area contributed by atoms with E-state index >= 15 is 0 Å². The summed E-state index contributed by atoms with van der Waals surface area (Å²) >= 11 is 0.734. The number of carbonyl (C=O) groups excluding carboxylic acids is 2. The minimum absolute atomic E-state index is 0.141. The van der Waals surface area contributed by atoms with E-state index in [0.29, 0.717) is 17.1 Å². The van der Waals surface area contributed by atoms with Crippen LogP contribution in [-0.2, 0) is 11.0 Å². The van der Waals surface area contributed by atoms with Crippen LogP contribution >= 0.6 is 11.8 Å². The number of alkyl halides is 3. The Bertz CT molecular complexity index is 1010. The first kappa shape index (κ1) is 21.6.